The lowest BCUT2D eigenvalue weighted by Crippen LogP contribution is -2.53. The quantitative estimate of drug-likeness (QED) is 0.510. The number of carbonyl (C=O) groups excluding carboxylic acids is 3. The molecule has 2 rings (SSSR count). The highest BCUT2D eigenvalue weighted by Crippen LogP contribution is 2.46. The van der Waals surface area contributed by atoms with Gasteiger partial charge in [-0.3, -0.25) is 24.5 Å². The topological polar surface area (TPSA) is 115 Å². The van der Waals surface area contributed by atoms with Crippen LogP contribution in [0.1, 0.15) is 38.7 Å². The summed E-state index contributed by atoms with van der Waals surface area (Å²) in [6, 6.07) is 5.39. The molecule has 1 N–H and O–H groups in total. The molecule has 7 nitrogen and oxygen atoms in total. The third-order valence-corrected chi connectivity index (χ3v) is 4.63. The van der Waals surface area contributed by atoms with Crippen LogP contribution in [0.5, 0.6) is 0 Å². The number of aliphatic hydroxyl groups is 1. The van der Waals surface area contributed by atoms with Gasteiger partial charge in [0.15, 0.2) is 0 Å². The van der Waals surface area contributed by atoms with Crippen molar-refractivity contribution < 1.29 is 24.4 Å². The third-order valence-electron chi connectivity index (χ3n) is 4.63. The largest absolute Gasteiger partial charge is 0.389 e. The minimum Gasteiger partial charge on any atom is -0.389 e. The fourth-order valence-corrected chi connectivity index (χ4v) is 3.73. The first-order chi connectivity index (χ1) is 11.1. The van der Waals surface area contributed by atoms with E-state index in [0.29, 0.717) is 5.56 Å². The fourth-order valence-electron chi connectivity index (χ4n) is 3.73. The second-order valence-corrected chi connectivity index (χ2v) is 6.55. The Kier molecular flexibility index (Phi) is 4.66. The molecule has 24 heavy (non-hydrogen) atoms. The van der Waals surface area contributed by atoms with Crippen molar-refractivity contribution >= 4 is 23.0 Å². The van der Waals surface area contributed by atoms with Crippen molar-refractivity contribution in [2.45, 2.75) is 38.7 Å². The van der Waals surface area contributed by atoms with Crippen molar-refractivity contribution in [2.75, 3.05) is 0 Å². The molecule has 1 aliphatic carbocycles. The van der Waals surface area contributed by atoms with Gasteiger partial charge in [-0.05, 0) is 26.3 Å². The van der Waals surface area contributed by atoms with E-state index in [1.165, 1.54) is 45.0 Å². The summed E-state index contributed by atoms with van der Waals surface area (Å²) < 4.78 is 0. The van der Waals surface area contributed by atoms with Crippen LogP contribution in [0.25, 0.3) is 0 Å². The lowest BCUT2D eigenvalue weighted by molar-refractivity contribution is -0.384. The fraction of sp³-hybridized carbons (Fsp3) is 0.471. The molecule has 1 fully saturated rings. The van der Waals surface area contributed by atoms with Crippen LogP contribution in [0.15, 0.2) is 24.3 Å². The average molecular weight is 333 g/mol. The van der Waals surface area contributed by atoms with E-state index in [4.69, 9.17) is 0 Å². The van der Waals surface area contributed by atoms with Gasteiger partial charge in [-0.2, -0.15) is 0 Å². The standard InChI is InChI=1S/C17H19NO6/c1-9(19)14-13(21)8-17(3,22)16(10(2)20)15(14)11-4-6-12(7-5-11)18(23)24/h4-7,14-16,22H,8H2,1-3H3/t14-,15-,16+,17-/m1/s1. The molecule has 0 aromatic heterocycles. The predicted octanol–water partition coefficient (Wildman–Crippen LogP) is 1.81. The van der Waals surface area contributed by atoms with E-state index in [1.807, 2.05) is 0 Å². The van der Waals surface area contributed by atoms with E-state index in [1.54, 1.807) is 0 Å². The summed E-state index contributed by atoms with van der Waals surface area (Å²) in [6.07, 6.45) is -0.273. The summed E-state index contributed by atoms with van der Waals surface area (Å²) in [4.78, 5) is 46.8. The number of non-ortho nitro benzene ring substituents is 1. The number of nitro groups is 1. The molecule has 1 saturated carbocycles. The minimum atomic E-state index is -1.57. The molecule has 0 spiro atoms. The zero-order chi connectivity index (χ0) is 18.2. The van der Waals surface area contributed by atoms with E-state index in [2.05, 4.69) is 0 Å². The Hall–Kier alpha value is -2.41. The maximum atomic E-state index is 12.4. The summed E-state index contributed by atoms with van der Waals surface area (Å²) in [7, 11) is 0. The van der Waals surface area contributed by atoms with E-state index in [0.717, 1.165) is 0 Å². The van der Waals surface area contributed by atoms with Crippen molar-refractivity contribution in [3.8, 4) is 0 Å². The molecule has 4 atom stereocenters. The molecule has 0 amide bonds. The molecule has 1 aromatic carbocycles. The summed E-state index contributed by atoms with van der Waals surface area (Å²) in [5.74, 6) is -3.95. The first-order valence-corrected chi connectivity index (χ1v) is 7.56. The van der Waals surface area contributed by atoms with Crippen LogP contribution in [0, 0.1) is 22.0 Å². The first kappa shape index (κ1) is 17.9. The summed E-state index contributed by atoms with van der Waals surface area (Å²) in [5.41, 5.74) is -1.25. The van der Waals surface area contributed by atoms with Crippen molar-refractivity contribution in [1.82, 2.24) is 0 Å². The molecule has 1 aromatic rings. The van der Waals surface area contributed by atoms with Crippen LogP contribution >= 0.6 is 0 Å². The lowest BCUT2D eigenvalue weighted by Gasteiger charge is -2.44. The van der Waals surface area contributed by atoms with Crippen LogP contribution in [-0.4, -0.2) is 33.0 Å². The second kappa shape index (κ2) is 6.24. The molecule has 0 radical (unpaired) electrons. The smallest absolute Gasteiger partial charge is 0.269 e. The zero-order valence-electron chi connectivity index (χ0n) is 13.7. The Morgan fingerprint density at radius 2 is 1.75 bits per heavy atom. The normalized spacial score (nSPS) is 30.0. The predicted molar refractivity (Wildman–Crippen MR) is 84.4 cm³/mol. The highest BCUT2D eigenvalue weighted by atomic mass is 16.6. The molecule has 1 aliphatic rings. The molecule has 0 unspecified atom stereocenters. The van der Waals surface area contributed by atoms with Crippen LogP contribution < -0.4 is 0 Å². The number of hydrogen-bond donors (Lipinski definition) is 1. The Morgan fingerprint density at radius 1 is 1.21 bits per heavy atom. The molecule has 128 valence electrons. The number of benzene rings is 1. The van der Waals surface area contributed by atoms with Gasteiger partial charge in [0, 0.05) is 24.5 Å². The van der Waals surface area contributed by atoms with Gasteiger partial charge in [-0.15, -0.1) is 0 Å². The monoisotopic (exact) mass is 333 g/mol. The summed E-state index contributed by atoms with van der Waals surface area (Å²) in [5, 5.41) is 21.4. The number of carbonyl (C=O) groups is 3. The maximum absolute atomic E-state index is 12.4. The molecule has 7 heteroatoms. The van der Waals surface area contributed by atoms with Crippen molar-refractivity contribution in [1.29, 1.82) is 0 Å². The SMILES string of the molecule is CC(=O)[C@@H]1C(=O)C[C@@](C)(O)[C@@H](C(C)=O)[C@@H]1c1ccc([N+](=O)[O-])cc1. The van der Waals surface area contributed by atoms with Gasteiger partial charge in [0.2, 0.25) is 0 Å². The highest BCUT2D eigenvalue weighted by Gasteiger charge is 2.53. The number of ketones is 3. The van der Waals surface area contributed by atoms with Crippen molar-refractivity contribution in [3.05, 3.63) is 39.9 Å². The van der Waals surface area contributed by atoms with E-state index in [-0.39, 0.29) is 23.7 Å². The van der Waals surface area contributed by atoms with E-state index in [9.17, 15) is 29.6 Å². The molecule has 0 bridgehead atoms. The average Bonchev–Trinajstić information content (AvgIpc) is 2.44. The van der Waals surface area contributed by atoms with Gasteiger partial charge in [-0.25, -0.2) is 0 Å². The Labute approximate surface area is 138 Å². The van der Waals surface area contributed by atoms with Gasteiger partial charge in [0.25, 0.3) is 5.69 Å². The molecule has 0 heterocycles. The molecular weight excluding hydrogens is 314 g/mol. The first-order valence-electron chi connectivity index (χ1n) is 7.56. The van der Waals surface area contributed by atoms with Crippen LogP contribution in [0.3, 0.4) is 0 Å². The number of nitro benzene ring substituents is 1. The summed E-state index contributed by atoms with van der Waals surface area (Å²) in [6.45, 7) is 3.99. The number of rotatable bonds is 4. The second-order valence-electron chi connectivity index (χ2n) is 6.55. The van der Waals surface area contributed by atoms with Crippen LogP contribution in [0.2, 0.25) is 0 Å². The number of hydrogen-bond acceptors (Lipinski definition) is 6. The maximum Gasteiger partial charge on any atom is 0.269 e. The van der Waals surface area contributed by atoms with E-state index < -0.39 is 34.1 Å². The number of nitrogens with zero attached hydrogens (tertiary/aromatic N) is 1. The Bertz CT molecular complexity index is 706. The van der Waals surface area contributed by atoms with Crippen molar-refractivity contribution in [3.63, 3.8) is 0 Å². The van der Waals surface area contributed by atoms with Gasteiger partial charge in [0.05, 0.1) is 22.4 Å². The third kappa shape index (κ3) is 3.12. The lowest BCUT2D eigenvalue weighted by atomic mass is 9.60. The summed E-state index contributed by atoms with van der Waals surface area (Å²) >= 11 is 0. The van der Waals surface area contributed by atoms with Gasteiger partial charge in [-0.1, -0.05) is 12.1 Å². The van der Waals surface area contributed by atoms with Gasteiger partial charge >= 0.3 is 0 Å². The Balaban J connectivity index is 2.60. The Morgan fingerprint density at radius 3 is 2.17 bits per heavy atom. The van der Waals surface area contributed by atoms with Gasteiger partial charge in [0.1, 0.15) is 17.3 Å². The van der Waals surface area contributed by atoms with Crippen molar-refractivity contribution in [2.24, 2.45) is 11.8 Å². The van der Waals surface area contributed by atoms with Gasteiger partial charge < -0.3 is 5.11 Å². The number of Topliss-reactive ketones (excluding diaryl/α,β-unsaturated/α-hetero) is 3. The van der Waals surface area contributed by atoms with Crippen LogP contribution in [0.4, 0.5) is 5.69 Å². The highest BCUT2D eigenvalue weighted by molar-refractivity contribution is 6.05. The van der Waals surface area contributed by atoms with E-state index >= 15 is 0 Å². The zero-order valence-corrected chi connectivity index (χ0v) is 13.7. The minimum absolute atomic E-state index is 0.133. The molecule has 0 aliphatic heterocycles. The van der Waals surface area contributed by atoms with Crippen LogP contribution in [-0.2, 0) is 14.4 Å². The molecule has 0 saturated heterocycles. The molecular formula is C17H19NO6.